The fraction of sp³-hybridized carbons (Fsp3) is 0.364. The first-order chi connectivity index (χ1) is 13.4. The molecule has 0 unspecified atom stereocenters. The third-order valence-electron chi connectivity index (χ3n) is 4.53. The first-order valence-electron chi connectivity index (χ1n) is 9.28. The summed E-state index contributed by atoms with van der Waals surface area (Å²) in [7, 11) is 3.10. The first kappa shape index (κ1) is 21.3. The van der Waals surface area contributed by atoms with Crippen LogP contribution in [-0.2, 0) is 4.79 Å². The summed E-state index contributed by atoms with van der Waals surface area (Å²) in [5.74, 6) is 0.674. The molecule has 0 fully saturated rings. The molecule has 2 aromatic carbocycles. The fourth-order valence-corrected chi connectivity index (χ4v) is 2.99. The maximum Gasteiger partial charge on any atom is 0.254 e. The van der Waals surface area contributed by atoms with Crippen molar-refractivity contribution in [1.82, 2.24) is 4.90 Å². The fourth-order valence-electron chi connectivity index (χ4n) is 2.99. The van der Waals surface area contributed by atoms with E-state index in [4.69, 9.17) is 9.47 Å². The zero-order valence-corrected chi connectivity index (χ0v) is 17.2. The summed E-state index contributed by atoms with van der Waals surface area (Å²) < 4.78 is 10.7. The maximum absolute atomic E-state index is 13.1. The number of carbonyl (C=O) groups excluding carboxylic acids is 2. The van der Waals surface area contributed by atoms with E-state index in [1.165, 1.54) is 4.90 Å². The van der Waals surface area contributed by atoms with Gasteiger partial charge in [0.1, 0.15) is 18.0 Å². The Morgan fingerprint density at radius 2 is 1.64 bits per heavy atom. The molecule has 2 rings (SSSR count). The molecular weight excluding hydrogens is 356 g/mol. The number of benzene rings is 2. The maximum atomic E-state index is 13.1. The highest BCUT2D eigenvalue weighted by atomic mass is 16.5. The molecule has 0 bridgehead atoms. The van der Waals surface area contributed by atoms with E-state index in [0.717, 1.165) is 23.2 Å². The minimum Gasteiger partial charge on any atom is -0.496 e. The van der Waals surface area contributed by atoms with Crippen LogP contribution < -0.4 is 14.8 Å². The molecule has 2 amide bonds. The Hall–Kier alpha value is -3.02. The number of amides is 2. The number of nitrogens with zero attached hydrogens (tertiary/aromatic N) is 1. The lowest BCUT2D eigenvalue weighted by Gasteiger charge is -2.23. The predicted molar refractivity (Wildman–Crippen MR) is 110 cm³/mol. The van der Waals surface area contributed by atoms with E-state index in [-0.39, 0.29) is 18.4 Å². The summed E-state index contributed by atoms with van der Waals surface area (Å²) in [5.41, 5.74) is 2.96. The van der Waals surface area contributed by atoms with Crippen LogP contribution in [0, 0.1) is 13.8 Å². The van der Waals surface area contributed by atoms with Crippen LogP contribution in [0.25, 0.3) is 0 Å². The van der Waals surface area contributed by atoms with Crippen molar-refractivity contribution in [1.29, 1.82) is 0 Å². The molecule has 0 aliphatic rings. The molecule has 0 aromatic heterocycles. The second-order valence-electron chi connectivity index (χ2n) is 6.60. The lowest BCUT2D eigenvalue weighted by Crippen LogP contribution is -2.38. The molecule has 0 aliphatic heterocycles. The van der Waals surface area contributed by atoms with E-state index in [0.29, 0.717) is 23.6 Å². The Morgan fingerprint density at radius 3 is 2.18 bits per heavy atom. The molecule has 0 heterocycles. The molecule has 0 aliphatic carbocycles. The highest BCUT2D eigenvalue weighted by molar-refractivity contribution is 6.00. The largest absolute Gasteiger partial charge is 0.496 e. The summed E-state index contributed by atoms with van der Waals surface area (Å²) in [6.45, 7) is 6.20. The first-order valence-corrected chi connectivity index (χ1v) is 9.28. The van der Waals surface area contributed by atoms with Crippen LogP contribution in [0.3, 0.4) is 0 Å². The third kappa shape index (κ3) is 5.03. The van der Waals surface area contributed by atoms with Gasteiger partial charge in [0.15, 0.2) is 0 Å². The molecule has 1 N–H and O–H groups in total. The van der Waals surface area contributed by atoms with Gasteiger partial charge in [0, 0.05) is 23.4 Å². The standard InChI is InChI=1S/C22H28N2O4/c1-6-11-24(14-21(25)23-18-10-8-7-9-15(18)2)22(26)17-12-19(27-4)16(3)20(13-17)28-5/h7-10,12-13H,6,11,14H2,1-5H3,(H,23,25). The van der Waals surface area contributed by atoms with Gasteiger partial charge in [-0.05, 0) is 44.0 Å². The molecule has 28 heavy (non-hydrogen) atoms. The van der Waals surface area contributed by atoms with Gasteiger partial charge in [-0.25, -0.2) is 0 Å². The Kier molecular flexibility index (Phi) is 7.44. The van der Waals surface area contributed by atoms with Gasteiger partial charge >= 0.3 is 0 Å². The van der Waals surface area contributed by atoms with Crippen LogP contribution in [0.15, 0.2) is 36.4 Å². The summed E-state index contributed by atoms with van der Waals surface area (Å²) >= 11 is 0. The lowest BCUT2D eigenvalue weighted by atomic mass is 10.1. The summed E-state index contributed by atoms with van der Waals surface area (Å²) in [6.07, 6.45) is 0.740. The van der Waals surface area contributed by atoms with E-state index >= 15 is 0 Å². The Bertz CT molecular complexity index is 823. The van der Waals surface area contributed by atoms with Crippen molar-refractivity contribution in [2.75, 3.05) is 32.6 Å². The van der Waals surface area contributed by atoms with E-state index in [2.05, 4.69) is 5.32 Å². The zero-order chi connectivity index (χ0) is 20.7. The van der Waals surface area contributed by atoms with Crippen molar-refractivity contribution in [2.45, 2.75) is 27.2 Å². The SMILES string of the molecule is CCCN(CC(=O)Nc1ccccc1C)C(=O)c1cc(OC)c(C)c(OC)c1. The Balaban J connectivity index is 2.22. The van der Waals surface area contributed by atoms with E-state index < -0.39 is 0 Å². The quantitative estimate of drug-likeness (QED) is 0.751. The van der Waals surface area contributed by atoms with Crippen LogP contribution >= 0.6 is 0 Å². The van der Waals surface area contributed by atoms with Crippen LogP contribution in [0.2, 0.25) is 0 Å². The van der Waals surface area contributed by atoms with Gasteiger partial charge in [0.05, 0.1) is 14.2 Å². The number of para-hydroxylation sites is 1. The molecule has 0 radical (unpaired) electrons. The van der Waals surface area contributed by atoms with Gasteiger partial charge in [-0.1, -0.05) is 25.1 Å². The molecule has 2 aromatic rings. The summed E-state index contributed by atoms with van der Waals surface area (Å²) in [5, 5.41) is 2.88. The molecule has 0 saturated heterocycles. The number of ether oxygens (including phenoxy) is 2. The van der Waals surface area contributed by atoms with E-state index in [9.17, 15) is 9.59 Å². The third-order valence-corrected chi connectivity index (χ3v) is 4.53. The van der Waals surface area contributed by atoms with Gasteiger partial charge < -0.3 is 19.7 Å². The number of aryl methyl sites for hydroxylation is 1. The normalized spacial score (nSPS) is 10.3. The number of carbonyl (C=O) groups is 2. The van der Waals surface area contributed by atoms with E-state index in [1.54, 1.807) is 26.4 Å². The number of methoxy groups -OCH3 is 2. The van der Waals surface area contributed by atoms with Gasteiger partial charge in [0.2, 0.25) is 5.91 Å². The lowest BCUT2D eigenvalue weighted by molar-refractivity contribution is -0.116. The summed E-state index contributed by atoms with van der Waals surface area (Å²) in [6, 6.07) is 10.9. The van der Waals surface area contributed by atoms with E-state index in [1.807, 2.05) is 45.0 Å². The second kappa shape index (κ2) is 9.78. The highest BCUT2D eigenvalue weighted by Gasteiger charge is 2.21. The molecule has 0 saturated carbocycles. The topological polar surface area (TPSA) is 67.9 Å². The monoisotopic (exact) mass is 384 g/mol. The van der Waals surface area contributed by atoms with Crippen molar-refractivity contribution >= 4 is 17.5 Å². The number of hydrogen-bond donors (Lipinski definition) is 1. The highest BCUT2D eigenvalue weighted by Crippen LogP contribution is 2.30. The minimum atomic E-state index is -0.238. The second-order valence-corrected chi connectivity index (χ2v) is 6.60. The average molecular weight is 384 g/mol. The molecule has 6 nitrogen and oxygen atoms in total. The average Bonchev–Trinajstić information content (AvgIpc) is 2.69. The predicted octanol–water partition coefficient (Wildman–Crippen LogP) is 3.81. The zero-order valence-electron chi connectivity index (χ0n) is 17.2. The smallest absolute Gasteiger partial charge is 0.254 e. The van der Waals surface area contributed by atoms with Crippen molar-refractivity contribution in [3.63, 3.8) is 0 Å². The van der Waals surface area contributed by atoms with Crippen LogP contribution in [-0.4, -0.2) is 44.0 Å². The molecule has 0 spiro atoms. The van der Waals surface area contributed by atoms with Crippen molar-refractivity contribution in [2.24, 2.45) is 0 Å². The van der Waals surface area contributed by atoms with Crippen LogP contribution in [0.4, 0.5) is 5.69 Å². The molecular formula is C22H28N2O4. The number of rotatable bonds is 8. The number of anilines is 1. The van der Waals surface area contributed by atoms with Crippen molar-refractivity contribution < 1.29 is 19.1 Å². The molecule has 150 valence electrons. The van der Waals surface area contributed by atoms with Gasteiger partial charge in [-0.15, -0.1) is 0 Å². The Morgan fingerprint density at radius 1 is 1.04 bits per heavy atom. The van der Waals surface area contributed by atoms with Crippen LogP contribution in [0.1, 0.15) is 34.8 Å². The molecule has 0 atom stereocenters. The van der Waals surface area contributed by atoms with Crippen molar-refractivity contribution in [3.8, 4) is 11.5 Å². The molecule has 6 heteroatoms. The number of hydrogen-bond acceptors (Lipinski definition) is 4. The number of nitrogens with one attached hydrogen (secondary N) is 1. The van der Waals surface area contributed by atoms with Crippen LogP contribution in [0.5, 0.6) is 11.5 Å². The van der Waals surface area contributed by atoms with Gasteiger partial charge in [0.25, 0.3) is 5.91 Å². The Labute approximate surface area is 166 Å². The van der Waals surface area contributed by atoms with Gasteiger partial charge in [-0.3, -0.25) is 9.59 Å². The van der Waals surface area contributed by atoms with Gasteiger partial charge in [-0.2, -0.15) is 0 Å². The summed E-state index contributed by atoms with van der Waals surface area (Å²) in [4.78, 5) is 27.1. The van der Waals surface area contributed by atoms with Crippen molar-refractivity contribution in [3.05, 3.63) is 53.1 Å². The minimum absolute atomic E-state index is 0.0283.